The van der Waals surface area contributed by atoms with Gasteiger partial charge in [0.05, 0.1) is 12.6 Å². The van der Waals surface area contributed by atoms with E-state index < -0.39 is 0 Å². The molecule has 1 N–H and O–H groups in total. The van der Waals surface area contributed by atoms with Crippen molar-refractivity contribution in [3.8, 4) is 0 Å². The summed E-state index contributed by atoms with van der Waals surface area (Å²) in [6.07, 6.45) is 0.756. The number of aryl methyl sites for hydroxylation is 1. The van der Waals surface area contributed by atoms with Gasteiger partial charge in [0.1, 0.15) is 0 Å². The van der Waals surface area contributed by atoms with Gasteiger partial charge < -0.3 is 9.73 Å². The van der Waals surface area contributed by atoms with Gasteiger partial charge in [0, 0.05) is 39.1 Å². The highest BCUT2D eigenvalue weighted by atomic mass is 16.4. The summed E-state index contributed by atoms with van der Waals surface area (Å²) in [5.74, 6) is 1.43. The van der Waals surface area contributed by atoms with E-state index in [1.165, 1.54) is 0 Å². The van der Waals surface area contributed by atoms with E-state index in [0.717, 1.165) is 38.2 Å². The molecule has 0 bridgehead atoms. The fourth-order valence-corrected chi connectivity index (χ4v) is 3.10. The number of carbonyl (C=O) groups is 1. The maximum absolute atomic E-state index is 12.2. The van der Waals surface area contributed by atoms with E-state index in [9.17, 15) is 4.79 Å². The second kappa shape index (κ2) is 8.91. The molecule has 1 fully saturated rings. The summed E-state index contributed by atoms with van der Waals surface area (Å²) in [6.45, 7) is 8.60. The molecule has 1 aliphatic heterocycles. The highest BCUT2D eigenvalue weighted by molar-refractivity contribution is 5.78. The Labute approximate surface area is 154 Å². The fourth-order valence-electron chi connectivity index (χ4n) is 3.10. The summed E-state index contributed by atoms with van der Waals surface area (Å²) in [5.41, 5.74) is 1.12. The largest absolute Gasteiger partial charge is 0.424 e. The molecule has 1 aromatic heterocycles. The van der Waals surface area contributed by atoms with Gasteiger partial charge >= 0.3 is 0 Å². The second-order valence-electron chi connectivity index (χ2n) is 6.64. The molecule has 26 heavy (non-hydrogen) atoms. The van der Waals surface area contributed by atoms with Crippen LogP contribution >= 0.6 is 0 Å². The molecular formula is C19H27N5O2. The summed E-state index contributed by atoms with van der Waals surface area (Å²) in [4.78, 5) is 16.7. The average Bonchev–Trinajstić information content (AvgIpc) is 3.16. The third kappa shape index (κ3) is 4.89. The smallest absolute Gasteiger partial charge is 0.234 e. The summed E-state index contributed by atoms with van der Waals surface area (Å²) < 4.78 is 5.67. The topological polar surface area (TPSA) is 74.5 Å². The molecule has 1 aliphatic rings. The Morgan fingerprint density at radius 3 is 2.58 bits per heavy atom. The number of nitrogens with one attached hydrogen (secondary N) is 1. The van der Waals surface area contributed by atoms with Gasteiger partial charge in [-0.3, -0.25) is 14.6 Å². The van der Waals surface area contributed by atoms with Gasteiger partial charge in [0.15, 0.2) is 0 Å². The van der Waals surface area contributed by atoms with Crippen molar-refractivity contribution in [1.82, 2.24) is 25.3 Å². The van der Waals surface area contributed by atoms with Crippen molar-refractivity contribution in [3.63, 3.8) is 0 Å². The number of carbonyl (C=O) groups excluding carboxylic acids is 1. The third-order valence-corrected chi connectivity index (χ3v) is 4.80. The SMILES string of the molecule is CCc1nnc(C(C)N2CCN(CC(=O)NCc3ccccc3)CC2)o1. The van der Waals surface area contributed by atoms with Crippen LogP contribution in [0.15, 0.2) is 34.7 Å². The van der Waals surface area contributed by atoms with Crippen LogP contribution in [-0.4, -0.2) is 58.6 Å². The maximum atomic E-state index is 12.2. The lowest BCUT2D eigenvalue weighted by Gasteiger charge is -2.36. The minimum absolute atomic E-state index is 0.0693. The zero-order valence-electron chi connectivity index (χ0n) is 15.5. The highest BCUT2D eigenvalue weighted by Crippen LogP contribution is 2.20. The lowest BCUT2D eigenvalue weighted by Crippen LogP contribution is -2.49. The van der Waals surface area contributed by atoms with Crippen LogP contribution in [0.1, 0.15) is 37.2 Å². The van der Waals surface area contributed by atoms with Crippen LogP contribution in [0.3, 0.4) is 0 Å². The Bertz CT molecular complexity index is 695. The van der Waals surface area contributed by atoms with E-state index in [2.05, 4.69) is 32.2 Å². The van der Waals surface area contributed by atoms with E-state index in [-0.39, 0.29) is 11.9 Å². The summed E-state index contributed by atoms with van der Waals surface area (Å²) >= 11 is 0. The lowest BCUT2D eigenvalue weighted by atomic mass is 10.2. The predicted molar refractivity (Wildman–Crippen MR) is 98.4 cm³/mol. The Morgan fingerprint density at radius 1 is 1.19 bits per heavy atom. The van der Waals surface area contributed by atoms with Crippen molar-refractivity contribution >= 4 is 5.91 Å². The van der Waals surface area contributed by atoms with Gasteiger partial charge in [-0.2, -0.15) is 0 Å². The number of benzene rings is 1. The summed E-state index contributed by atoms with van der Waals surface area (Å²) in [5, 5.41) is 11.2. The monoisotopic (exact) mass is 357 g/mol. The first-order chi connectivity index (χ1) is 12.7. The molecule has 3 rings (SSSR count). The van der Waals surface area contributed by atoms with Gasteiger partial charge in [-0.15, -0.1) is 10.2 Å². The minimum atomic E-state index is 0.0693. The van der Waals surface area contributed by atoms with Crippen LogP contribution in [0.25, 0.3) is 0 Å². The molecule has 1 amide bonds. The fraction of sp³-hybridized carbons (Fsp3) is 0.526. The number of hydrogen-bond donors (Lipinski definition) is 1. The van der Waals surface area contributed by atoms with E-state index in [1.54, 1.807) is 0 Å². The lowest BCUT2D eigenvalue weighted by molar-refractivity contribution is -0.122. The van der Waals surface area contributed by atoms with E-state index in [4.69, 9.17) is 4.42 Å². The van der Waals surface area contributed by atoms with Crippen LogP contribution in [0, 0.1) is 0 Å². The van der Waals surface area contributed by atoms with Gasteiger partial charge in [-0.05, 0) is 12.5 Å². The summed E-state index contributed by atoms with van der Waals surface area (Å²) in [6, 6.07) is 10.1. The Kier molecular flexibility index (Phi) is 6.35. The van der Waals surface area contributed by atoms with E-state index in [0.29, 0.717) is 24.9 Å². The quantitative estimate of drug-likeness (QED) is 0.812. The predicted octanol–water partition coefficient (Wildman–Crippen LogP) is 1.63. The minimum Gasteiger partial charge on any atom is -0.424 e. The van der Waals surface area contributed by atoms with Crippen molar-refractivity contribution < 1.29 is 9.21 Å². The molecule has 1 aromatic carbocycles. The molecule has 7 nitrogen and oxygen atoms in total. The first-order valence-electron chi connectivity index (χ1n) is 9.25. The molecule has 1 atom stereocenters. The first kappa shape index (κ1) is 18.5. The molecule has 0 radical (unpaired) electrons. The number of hydrogen-bond acceptors (Lipinski definition) is 6. The molecule has 0 spiro atoms. The van der Waals surface area contributed by atoms with Crippen molar-refractivity contribution in [3.05, 3.63) is 47.7 Å². The van der Waals surface area contributed by atoms with Gasteiger partial charge in [0.25, 0.3) is 0 Å². The normalized spacial score (nSPS) is 17.2. The first-order valence-corrected chi connectivity index (χ1v) is 9.25. The van der Waals surface area contributed by atoms with Crippen molar-refractivity contribution in [2.75, 3.05) is 32.7 Å². The number of piperazine rings is 1. The molecule has 1 unspecified atom stereocenters. The van der Waals surface area contributed by atoms with Crippen molar-refractivity contribution in [2.45, 2.75) is 32.9 Å². The van der Waals surface area contributed by atoms with Crippen LogP contribution in [-0.2, 0) is 17.8 Å². The van der Waals surface area contributed by atoms with E-state index >= 15 is 0 Å². The number of nitrogens with zero attached hydrogens (tertiary/aromatic N) is 4. The van der Waals surface area contributed by atoms with Gasteiger partial charge in [-0.1, -0.05) is 37.3 Å². The van der Waals surface area contributed by atoms with Gasteiger partial charge in [-0.25, -0.2) is 0 Å². The average molecular weight is 357 g/mol. The Morgan fingerprint density at radius 2 is 1.92 bits per heavy atom. The molecule has 0 aliphatic carbocycles. The standard InChI is InChI=1S/C19H27N5O2/c1-3-18-21-22-19(26-18)15(2)24-11-9-23(10-12-24)14-17(25)20-13-16-7-5-4-6-8-16/h4-8,15H,3,9-14H2,1-2H3,(H,20,25). The molecular weight excluding hydrogens is 330 g/mol. The van der Waals surface area contributed by atoms with Crippen LogP contribution in [0.5, 0.6) is 0 Å². The number of aromatic nitrogens is 2. The van der Waals surface area contributed by atoms with Crippen LogP contribution in [0.2, 0.25) is 0 Å². The zero-order valence-corrected chi connectivity index (χ0v) is 15.5. The number of rotatable bonds is 7. The third-order valence-electron chi connectivity index (χ3n) is 4.80. The molecule has 140 valence electrons. The van der Waals surface area contributed by atoms with Crippen LogP contribution < -0.4 is 5.32 Å². The highest BCUT2D eigenvalue weighted by Gasteiger charge is 2.26. The zero-order chi connectivity index (χ0) is 18.4. The summed E-state index contributed by atoms with van der Waals surface area (Å²) in [7, 11) is 0. The maximum Gasteiger partial charge on any atom is 0.234 e. The van der Waals surface area contributed by atoms with E-state index in [1.807, 2.05) is 37.3 Å². The number of amides is 1. The molecule has 1 saturated heterocycles. The van der Waals surface area contributed by atoms with Crippen LogP contribution in [0.4, 0.5) is 0 Å². The molecule has 2 aromatic rings. The van der Waals surface area contributed by atoms with Gasteiger partial charge in [0.2, 0.25) is 17.7 Å². The Balaban J connectivity index is 1.41. The molecule has 7 heteroatoms. The van der Waals surface area contributed by atoms with Crippen molar-refractivity contribution in [2.24, 2.45) is 0 Å². The second-order valence-corrected chi connectivity index (χ2v) is 6.64. The van der Waals surface area contributed by atoms with Crippen molar-refractivity contribution in [1.29, 1.82) is 0 Å². The molecule has 0 saturated carbocycles. The molecule has 2 heterocycles. The Hall–Kier alpha value is -2.25.